The van der Waals surface area contributed by atoms with E-state index in [1.807, 2.05) is 29.6 Å². The van der Waals surface area contributed by atoms with E-state index < -0.39 is 0 Å². The Labute approximate surface area is 144 Å². The van der Waals surface area contributed by atoms with Crippen molar-refractivity contribution in [1.82, 2.24) is 0 Å². The average Bonchev–Trinajstić information content (AvgIpc) is 2.93. The molecule has 0 aliphatic carbocycles. The van der Waals surface area contributed by atoms with Gasteiger partial charge in [-0.05, 0) is 24.3 Å². The monoisotopic (exact) mass is 397 g/mol. The third-order valence-electron chi connectivity index (χ3n) is 3.15. The van der Waals surface area contributed by atoms with Crippen LogP contribution in [0.3, 0.4) is 0 Å². The van der Waals surface area contributed by atoms with Crippen LogP contribution in [-0.2, 0) is 5.33 Å². The fraction of sp³-hybridized carbons (Fsp3) is 0.0667. The minimum Gasteiger partial charge on any atom is -0.192 e. The largest absolute Gasteiger partial charge is 0.285 e. The first kappa shape index (κ1) is 14.8. The van der Waals surface area contributed by atoms with Crippen LogP contribution in [0.2, 0.25) is 10.0 Å². The van der Waals surface area contributed by atoms with E-state index in [0.29, 0.717) is 20.9 Å². The van der Waals surface area contributed by atoms with Gasteiger partial charge in [-0.3, -0.25) is 0 Å². The molecule has 0 saturated carbocycles. The Hall–Kier alpha value is -1.12. The van der Waals surface area contributed by atoms with E-state index >= 15 is 0 Å². The Bertz CT molecular complexity index is 883. The fourth-order valence-electron chi connectivity index (χ4n) is 2.17. The van der Waals surface area contributed by atoms with Crippen LogP contribution < -0.4 is 4.40 Å². The Balaban J connectivity index is 2.35. The number of hydrogen-bond acceptors (Lipinski definition) is 2. The highest BCUT2D eigenvalue weighted by Gasteiger charge is 2.22. The molecule has 0 aliphatic rings. The molecule has 0 aliphatic heterocycles. The molecule has 3 rings (SSSR count). The van der Waals surface area contributed by atoms with E-state index in [1.54, 1.807) is 17.4 Å². The molecule has 2 aromatic heterocycles. The zero-order valence-corrected chi connectivity index (χ0v) is 14.5. The number of aromatic nitrogens is 1. The summed E-state index contributed by atoms with van der Waals surface area (Å²) < 4.78 is 2.08. The average molecular weight is 399 g/mol. The second-order valence-corrected chi connectivity index (χ2v) is 6.61. The van der Waals surface area contributed by atoms with E-state index in [2.05, 4.69) is 26.4 Å². The van der Waals surface area contributed by atoms with E-state index in [-0.39, 0.29) is 0 Å². The molecule has 104 valence electrons. The zero-order valence-electron chi connectivity index (χ0n) is 10.6. The van der Waals surface area contributed by atoms with Crippen molar-refractivity contribution in [2.24, 2.45) is 0 Å². The van der Waals surface area contributed by atoms with E-state index in [1.165, 1.54) is 0 Å². The number of nitrogens with zero attached hydrogens (tertiary/aromatic N) is 2. The maximum atomic E-state index is 9.25. The maximum absolute atomic E-state index is 9.25. The predicted octanol–water partition coefficient (Wildman–Crippen LogP) is 5.23. The molecule has 0 amide bonds. The highest BCUT2D eigenvalue weighted by molar-refractivity contribution is 9.08. The summed E-state index contributed by atoms with van der Waals surface area (Å²) in [6.07, 6.45) is 0. The van der Waals surface area contributed by atoms with Gasteiger partial charge < -0.3 is 0 Å². The molecule has 0 N–H and O–H groups in total. The first-order valence-corrected chi connectivity index (χ1v) is 8.78. The van der Waals surface area contributed by atoms with Gasteiger partial charge in [0, 0.05) is 11.6 Å². The van der Waals surface area contributed by atoms with Crippen LogP contribution in [0.15, 0.2) is 35.7 Å². The third kappa shape index (κ3) is 2.56. The van der Waals surface area contributed by atoms with Gasteiger partial charge in [-0.2, -0.15) is 5.26 Å². The quantitative estimate of drug-likeness (QED) is 0.429. The molecular weight excluding hydrogens is 391 g/mol. The van der Waals surface area contributed by atoms with Crippen molar-refractivity contribution >= 4 is 55.3 Å². The minimum absolute atomic E-state index is 0.517. The molecule has 0 radical (unpaired) electrons. The number of benzene rings is 1. The Morgan fingerprint density at radius 2 is 2.00 bits per heavy atom. The third-order valence-corrected chi connectivity index (χ3v) is 5.48. The second kappa shape index (κ2) is 5.94. The normalized spacial score (nSPS) is 10.8. The summed E-state index contributed by atoms with van der Waals surface area (Å²) in [6.45, 7) is 0. The number of thiazole rings is 1. The molecule has 0 atom stereocenters. The summed E-state index contributed by atoms with van der Waals surface area (Å²) in [5, 5.41) is 13.1. The summed E-state index contributed by atoms with van der Waals surface area (Å²) >= 11 is 17.2. The van der Waals surface area contributed by atoms with E-state index in [9.17, 15) is 5.26 Å². The first-order chi connectivity index (χ1) is 10.2. The lowest BCUT2D eigenvalue weighted by atomic mass is 10.1. The fourth-order valence-corrected chi connectivity index (χ4v) is 4.10. The molecule has 2 nitrogen and oxygen atoms in total. The van der Waals surface area contributed by atoms with Gasteiger partial charge in [0.1, 0.15) is 11.6 Å². The van der Waals surface area contributed by atoms with Crippen molar-refractivity contribution in [3.05, 3.63) is 57.0 Å². The molecule has 2 heterocycles. The molecule has 6 heteroatoms. The summed E-state index contributed by atoms with van der Waals surface area (Å²) in [5.41, 5.74) is 3.70. The summed E-state index contributed by atoms with van der Waals surface area (Å²) in [4.78, 5) is 0.926. The highest BCUT2D eigenvalue weighted by atomic mass is 79.9. The van der Waals surface area contributed by atoms with Crippen LogP contribution in [0.5, 0.6) is 0 Å². The predicted molar refractivity (Wildman–Crippen MR) is 90.3 cm³/mol. The molecule has 0 fully saturated rings. The summed E-state index contributed by atoms with van der Waals surface area (Å²) in [5.74, 6) is 0. The van der Waals surface area contributed by atoms with Gasteiger partial charge in [0.05, 0.1) is 20.8 Å². The van der Waals surface area contributed by atoms with Gasteiger partial charge in [0.25, 0.3) is 4.83 Å². The van der Waals surface area contributed by atoms with Crippen molar-refractivity contribution in [1.29, 1.82) is 5.26 Å². The van der Waals surface area contributed by atoms with Crippen molar-refractivity contribution in [3.63, 3.8) is 0 Å². The Morgan fingerprint density at radius 1 is 1.19 bits per heavy atom. The number of hydrogen-bond donors (Lipinski definition) is 0. The highest BCUT2D eigenvalue weighted by Crippen LogP contribution is 2.29. The van der Waals surface area contributed by atoms with Gasteiger partial charge >= 0.3 is 0 Å². The molecule has 0 unspecified atom stereocenters. The maximum Gasteiger partial charge on any atom is 0.285 e. The van der Waals surface area contributed by atoms with Crippen LogP contribution in [0.25, 0.3) is 16.1 Å². The minimum atomic E-state index is 0.517. The number of fused-ring (bicyclic) bond motifs is 1. The van der Waals surface area contributed by atoms with Gasteiger partial charge in [0.15, 0.2) is 0 Å². The standard InChI is InChI=1S/C15H8BrCl2N2S/c16-6-11-8-21-15-10(7-19)2-4-14(20(11)15)9-1-3-12(17)13(18)5-9/h1-5,8H,6H2/q+1. The Kier molecular flexibility index (Phi) is 4.19. The van der Waals surface area contributed by atoms with Crippen molar-refractivity contribution in [2.75, 3.05) is 0 Å². The number of pyridine rings is 1. The molecule has 0 bridgehead atoms. The van der Waals surface area contributed by atoms with Crippen LogP contribution in [0, 0.1) is 11.3 Å². The van der Waals surface area contributed by atoms with Crippen molar-refractivity contribution in [2.45, 2.75) is 5.33 Å². The first-order valence-electron chi connectivity index (χ1n) is 6.02. The lowest BCUT2D eigenvalue weighted by molar-refractivity contribution is -0.503. The SMILES string of the molecule is N#Cc1ccc(-c2ccc(Cl)c(Cl)c2)[n+]2c(CBr)csc12. The van der Waals surface area contributed by atoms with Gasteiger partial charge in [-0.25, -0.2) is 0 Å². The molecule has 3 aromatic rings. The van der Waals surface area contributed by atoms with Gasteiger partial charge in [-0.1, -0.05) is 50.5 Å². The summed E-state index contributed by atoms with van der Waals surface area (Å²) in [7, 11) is 0. The van der Waals surface area contributed by atoms with Crippen molar-refractivity contribution in [3.8, 4) is 17.3 Å². The lowest BCUT2D eigenvalue weighted by Crippen LogP contribution is -2.27. The lowest BCUT2D eigenvalue weighted by Gasteiger charge is -2.02. The molecule has 21 heavy (non-hydrogen) atoms. The van der Waals surface area contributed by atoms with Crippen LogP contribution in [0.1, 0.15) is 11.3 Å². The number of alkyl halides is 1. The molecule has 0 saturated heterocycles. The number of rotatable bonds is 2. The van der Waals surface area contributed by atoms with Crippen molar-refractivity contribution < 1.29 is 4.40 Å². The summed E-state index contributed by atoms with van der Waals surface area (Å²) in [6, 6.07) is 11.6. The van der Waals surface area contributed by atoms with Crippen LogP contribution >= 0.6 is 50.5 Å². The van der Waals surface area contributed by atoms with Crippen LogP contribution in [0.4, 0.5) is 0 Å². The topological polar surface area (TPSA) is 27.9 Å². The van der Waals surface area contributed by atoms with Gasteiger partial charge in [-0.15, -0.1) is 4.40 Å². The van der Waals surface area contributed by atoms with Crippen LogP contribution in [-0.4, -0.2) is 0 Å². The van der Waals surface area contributed by atoms with E-state index in [4.69, 9.17) is 23.2 Å². The molecule has 0 spiro atoms. The number of halogens is 3. The molecular formula is C15H8BrCl2N2S+. The van der Waals surface area contributed by atoms with E-state index in [0.717, 1.165) is 21.8 Å². The second-order valence-electron chi connectivity index (χ2n) is 4.37. The zero-order chi connectivity index (χ0) is 15.0. The van der Waals surface area contributed by atoms with Gasteiger partial charge in [0.2, 0.25) is 11.4 Å². The Morgan fingerprint density at radius 3 is 2.67 bits per heavy atom. The molecule has 1 aromatic carbocycles. The smallest absolute Gasteiger partial charge is 0.192 e. The number of nitriles is 1.